The zero-order valence-corrected chi connectivity index (χ0v) is 19.1. The van der Waals surface area contributed by atoms with E-state index in [0.717, 1.165) is 35.0 Å². The molecule has 0 aliphatic heterocycles. The van der Waals surface area contributed by atoms with Crippen LogP contribution in [-0.4, -0.2) is 37.9 Å². The van der Waals surface area contributed by atoms with Gasteiger partial charge in [-0.3, -0.25) is 9.10 Å². The lowest BCUT2D eigenvalue weighted by molar-refractivity contribution is -0.119. The van der Waals surface area contributed by atoms with Crippen LogP contribution >= 0.6 is 0 Å². The Balaban J connectivity index is 1.74. The van der Waals surface area contributed by atoms with E-state index in [0.29, 0.717) is 4.31 Å². The molecule has 0 saturated heterocycles. The molecule has 0 aliphatic carbocycles. The molecule has 3 rings (SSSR count). The van der Waals surface area contributed by atoms with E-state index in [1.807, 2.05) is 51.1 Å². The number of hydrazone groups is 1. The van der Waals surface area contributed by atoms with E-state index < -0.39 is 28.3 Å². The second kappa shape index (κ2) is 9.35. The van der Waals surface area contributed by atoms with Crippen molar-refractivity contribution in [3.8, 4) is 5.69 Å². The monoisotopic (exact) mass is 456 g/mol. The minimum atomic E-state index is -3.88. The zero-order chi connectivity index (χ0) is 23.5. The number of carbonyl (C=O) groups is 1. The lowest BCUT2D eigenvalue weighted by Crippen LogP contribution is -2.39. The fourth-order valence-corrected chi connectivity index (χ4v) is 4.24. The second-order valence-corrected chi connectivity index (χ2v) is 9.42. The Hall–Kier alpha value is -3.46. The maximum Gasteiger partial charge on any atom is 0.260 e. The van der Waals surface area contributed by atoms with Crippen LogP contribution in [0.15, 0.2) is 59.7 Å². The number of carbonyl (C=O) groups excluding carboxylic acids is 1. The lowest BCUT2D eigenvalue weighted by atomic mass is 10.2. The molecule has 1 heterocycles. The minimum Gasteiger partial charge on any atom is -0.318 e. The molecule has 3 aromatic rings. The summed E-state index contributed by atoms with van der Waals surface area (Å²) in [6, 6.07) is 15.4. The van der Waals surface area contributed by atoms with Gasteiger partial charge >= 0.3 is 0 Å². The number of para-hydroxylation sites is 1. The predicted molar refractivity (Wildman–Crippen MR) is 124 cm³/mol. The number of aryl methyl sites for hydroxylation is 2. The minimum absolute atomic E-state index is 0.198. The van der Waals surface area contributed by atoms with Crippen molar-refractivity contribution >= 4 is 27.8 Å². The number of aromatic nitrogens is 1. The molecule has 2 aromatic carbocycles. The first-order valence-corrected chi connectivity index (χ1v) is 11.7. The topological polar surface area (TPSA) is 83.8 Å². The Kier molecular flexibility index (Phi) is 6.78. The maximum atomic E-state index is 14.1. The third kappa shape index (κ3) is 5.23. The highest BCUT2D eigenvalue weighted by Crippen LogP contribution is 2.21. The summed E-state index contributed by atoms with van der Waals surface area (Å²) in [7, 11) is -3.88. The van der Waals surface area contributed by atoms with E-state index in [2.05, 4.69) is 15.1 Å². The Morgan fingerprint density at radius 2 is 1.78 bits per heavy atom. The molecule has 0 atom stereocenters. The van der Waals surface area contributed by atoms with Gasteiger partial charge in [-0.2, -0.15) is 5.10 Å². The first kappa shape index (κ1) is 23.2. The molecule has 9 heteroatoms. The van der Waals surface area contributed by atoms with Crippen molar-refractivity contribution in [2.45, 2.75) is 20.8 Å². The van der Waals surface area contributed by atoms with Gasteiger partial charge in [-0.1, -0.05) is 29.8 Å². The van der Waals surface area contributed by atoms with E-state index >= 15 is 0 Å². The van der Waals surface area contributed by atoms with Gasteiger partial charge in [0.15, 0.2) is 0 Å². The highest BCUT2D eigenvalue weighted by molar-refractivity contribution is 7.92. The van der Waals surface area contributed by atoms with E-state index in [-0.39, 0.29) is 5.69 Å². The standard InChI is InChI=1S/C23H25FN4O3S/c1-16-9-11-20(12-10-16)28-17(2)13-19(18(28)3)14-25-26-23(29)15-27(32(4,30)31)22-8-6-5-7-21(22)24/h5-14H,15H2,1-4H3,(H,26,29)/b25-14-. The van der Waals surface area contributed by atoms with Crippen LogP contribution < -0.4 is 9.73 Å². The molecule has 0 bridgehead atoms. The fraction of sp³-hybridized carbons (Fsp3) is 0.217. The average molecular weight is 457 g/mol. The number of nitrogens with zero attached hydrogens (tertiary/aromatic N) is 3. The van der Waals surface area contributed by atoms with Gasteiger partial charge in [-0.05, 0) is 51.1 Å². The van der Waals surface area contributed by atoms with Gasteiger partial charge in [-0.15, -0.1) is 0 Å². The number of anilines is 1. The van der Waals surface area contributed by atoms with Crippen LogP contribution in [0.2, 0.25) is 0 Å². The summed E-state index contributed by atoms with van der Waals surface area (Å²) in [6.45, 7) is 5.34. The summed E-state index contributed by atoms with van der Waals surface area (Å²) in [5, 5.41) is 3.96. The number of hydrogen-bond donors (Lipinski definition) is 1. The quantitative estimate of drug-likeness (QED) is 0.437. The number of halogens is 1. The number of benzene rings is 2. The van der Waals surface area contributed by atoms with Crippen LogP contribution in [-0.2, 0) is 14.8 Å². The largest absolute Gasteiger partial charge is 0.318 e. The Bertz CT molecular complexity index is 1260. The second-order valence-electron chi connectivity index (χ2n) is 7.51. The molecule has 0 fully saturated rings. The number of amides is 1. The molecule has 0 radical (unpaired) electrons. The molecule has 0 unspecified atom stereocenters. The van der Waals surface area contributed by atoms with E-state index in [4.69, 9.17) is 0 Å². The Morgan fingerprint density at radius 1 is 1.12 bits per heavy atom. The third-order valence-corrected chi connectivity index (χ3v) is 6.09. The van der Waals surface area contributed by atoms with Crippen LogP contribution in [0.25, 0.3) is 5.69 Å². The van der Waals surface area contributed by atoms with Gasteiger partial charge in [0.2, 0.25) is 10.0 Å². The number of rotatable bonds is 7. The van der Waals surface area contributed by atoms with Crippen LogP contribution in [0.4, 0.5) is 10.1 Å². The van der Waals surface area contributed by atoms with Crippen molar-refractivity contribution in [3.05, 3.63) is 82.9 Å². The SMILES string of the molecule is Cc1ccc(-n2c(C)cc(/C=N\NC(=O)CN(c3ccccc3F)S(C)(=O)=O)c2C)cc1. The number of sulfonamides is 1. The first-order valence-electron chi connectivity index (χ1n) is 9.88. The fourth-order valence-electron chi connectivity index (χ4n) is 3.38. The molecule has 1 aromatic heterocycles. The molecule has 32 heavy (non-hydrogen) atoms. The molecule has 0 saturated carbocycles. The van der Waals surface area contributed by atoms with Crippen molar-refractivity contribution in [2.24, 2.45) is 5.10 Å². The molecule has 0 aliphatic rings. The van der Waals surface area contributed by atoms with Crippen LogP contribution in [0.5, 0.6) is 0 Å². The smallest absolute Gasteiger partial charge is 0.260 e. The molecular weight excluding hydrogens is 431 g/mol. The van der Waals surface area contributed by atoms with E-state index in [9.17, 15) is 17.6 Å². The van der Waals surface area contributed by atoms with E-state index in [1.54, 1.807) is 0 Å². The van der Waals surface area contributed by atoms with Gasteiger partial charge in [0.25, 0.3) is 5.91 Å². The van der Waals surface area contributed by atoms with Gasteiger partial charge in [0.05, 0.1) is 18.2 Å². The van der Waals surface area contributed by atoms with Crippen molar-refractivity contribution < 1.29 is 17.6 Å². The summed E-state index contributed by atoms with van der Waals surface area (Å²) in [4.78, 5) is 12.3. The molecule has 1 amide bonds. The Labute approximate surface area is 187 Å². The average Bonchev–Trinajstić information content (AvgIpc) is 3.00. The molecular formula is C23H25FN4O3S. The molecule has 0 spiro atoms. The molecule has 7 nitrogen and oxygen atoms in total. The normalized spacial score (nSPS) is 11.7. The predicted octanol–water partition coefficient (Wildman–Crippen LogP) is 3.46. The zero-order valence-electron chi connectivity index (χ0n) is 18.3. The number of nitrogens with one attached hydrogen (secondary N) is 1. The number of hydrogen-bond acceptors (Lipinski definition) is 4. The van der Waals surface area contributed by atoms with Crippen LogP contribution in [0, 0.1) is 26.6 Å². The van der Waals surface area contributed by atoms with Gasteiger partial charge in [-0.25, -0.2) is 18.2 Å². The lowest BCUT2D eigenvalue weighted by Gasteiger charge is -2.21. The van der Waals surface area contributed by atoms with Gasteiger partial charge < -0.3 is 4.57 Å². The van der Waals surface area contributed by atoms with Crippen LogP contribution in [0.3, 0.4) is 0 Å². The maximum absolute atomic E-state index is 14.1. The molecule has 1 N–H and O–H groups in total. The van der Waals surface area contributed by atoms with Crippen molar-refractivity contribution in [3.63, 3.8) is 0 Å². The molecule has 168 valence electrons. The highest BCUT2D eigenvalue weighted by atomic mass is 32.2. The van der Waals surface area contributed by atoms with Crippen molar-refractivity contribution in [1.82, 2.24) is 9.99 Å². The summed E-state index contributed by atoms with van der Waals surface area (Å²) >= 11 is 0. The van der Waals surface area contributed by atoms with E-state index in [1.165, 1.54) is 30.0 Å². The van der Waals surface area contributed by atoms with Crippen molar-refractivity contribution in [2.75, 3.05) is 17.1 Å². The Morgan fingerprint density at radius 3 is 2.41 bits per heavy atom. The van der Waals surface area contributed by atoms with Gasteiger partial charge in [0, 0.05) is 22.6 Å². The van der Waals surface area contributed by atoms with Crippen molar-refractivity contribution in [1.29, 1.82) is 0 Å². The third-order valence-electron chi connectivity index (χ3n) is 4.96. The van der Waals surface area contributed by atoms with Gasteiger partial charge in [0.1, 0.15) is 12.4 Å². The summed E-state index contributed by atoms with van der Waals surface area (Å²) in [5.41, 5.74) is 7.05. The summed E-state index contributed by atoms with van der Waals surface area (Å²) < 4.78 is 41.0. The van der Waals surface area contributed by atoms with Crippen LogP contribution in [0.1, 0.15) is 22.5 Å². The highest BCUT2D eigenvalue weighted by Gasteiger charge is 2.23. The first-order chi connectivity index (χ1) is 15.1. The summed E-state index contributed by atoms with van der Waals surface area (Å²) in [6.07, 6.45) is 2.41. The summed E-state index contributed by atoms with van der Waals surface area (Å²) in [5.74, 6) is -1.43.